The fraction of sp³-hybridized carbons (Fsp3) is 0.250. The van der Waals surface area contributed by atoms with Gasteiger partial charge in [-0.25, -0.2) is 12.8 Å². The molecular formula is C20H19ClFN3O2S. The third-order valence-electron chi connectivity index (χ3n) is 4.99. The Bertz CT molecular complexity index is 1090. The van der Waals surface area contributed by atoms with Gasteiger partial charge in [0.05, 0.1) is 5.52 Å². The topological polar surface area (TPSA) is 53.5 Å². The number of para-hydroxylation sites is 1. The van der Waals surface area contributed by atoms with E-state index in [4.69, 9.17) is 11.6 Å². The number of sulfonamides is 1. The van der Waals surface area contributed by atoms with E-state index < -0.39 is 10.0 Å². The van der Waals surface area contributed by atoms with Crippen molar-refractivity contribution in [1.29, 1.82) is 0 Å². The molecule has 0 radical (unpaired) electrons. The summed E-state index contributed by atoms with van der Waals surface area (Å²) in [7, 11) is -3.66. The van der Waals surface area contributed by atoms with Gasteiger partial charge in [-0.2, -0.15) is 4.31 Å². The third-order valence-corrected chi connectivity index (χ3v) is 7.27. The highest BCUT2D eigenvalue weighted by molar-refractivity contribution is 7.89. The summed E-state index contributed by atoms with van der Waals surface area (Å²) in [6.45, 7) is 2.02. The first kappa shape index (κ1) is 19.3. The van der Waals surface area contributed by atoms with Crippen LogP contribution in [-0.4, -0.2) is 48.8 Å². The van der Waals surface area contributed by atoms with Crippen LogP contribution in [0.25, 0.3) is 10.9 Å². The molecule has 1 aliphatic rings. The first-order valence-electron chi connectivity index (χ1n) is 8.96. The molecule has 28 heavy (non-hydrogen) atoms. The molecule has 2 heterocycles. The fourth-order valence-electron chi connectivity index (χ4n) is 3.46. The van der Waals surface area contributed by atoms with E-state index in [1.807, 2.05) is 17.0 Å². The molecule has 0 aliphatic carbocycles. The highest BCUT2D eigenvalue weighted by Gasteiger charge is 2.30. The van der Waals surface area contributed by atoms with Gasteiger partial charge in [0.1, 0.15) is 10.7 Å². The van der Waals surface area contributed by atoms with Crippen molar-refractivity contribution in [3.05, 3.63) is 71.1 Å². The Morgan fingerprint density at radius 1 is 1.00 bits per heavy atom. The molecule has 0 unspecified atom stereocenters. The number of rotatable bonds is 4. The quantitative estimate of drug-likeness (QED) is 0.649. The van der Waals surface area contributed by atoms with Crippen molar-refractivity contribution < 1.29 is 12.8 Å². The monoisotopic (exact) mass is 419 g/mol. The first-order chi connectivity index (χ1) is 13.5. The molecule has 8 heteroatoms. The van der Waals surface area contributed by atoms with E-state index in [0.29, 0.717) is 48.8 Å². The van der Waals surface area contributed by atoms with Crippen LogP contribution in [0.4, 0.5) is 4.39 Å². The van der Waals surface area contributed by atoms with E-state index in [2.05, 4.69) is 4.98 Å². The lowest BCUT2D eigenvalue weighted by Crippen LogP contribution is -2.48. The Morgan fingerprint density at radius 3 is 2.46 bits per heavy atom. The van der Waals surface area contributed by atoms with Gasteiger partial charge in [-0.3, -0.25) is 9.88 Å². The second kappa shape index (κ2) is 7.75. The zero-order valence-corrected chi connectivity index (χ0v) is 16.6. The molecule has 1 fully saturated rings. The van der Waals surface area contributed by atoms with Crippen LogP contribution in [-0.2, 0) is 16.6 Å². The smallest absolute Gasteiger partial charge is 0.245 e. The van der Waals surface area contributed by atoms with Gasteiger partial charge >= 0.3 is 0 Å². The standard InChI is InChI=1S/C20H19ClFN3O2S/c21-17-6-2-7-18(22)16(17)14-24-10-12-25(13-11-24)28(26,27)19-8-1-4-15-5-3-9-23-20(15)19/h1-9H,10-14H2. The maximum absolute atomic E-state index is 14.0. The summed E-state index contributed by atoms with van der Waals surface area (Å²) >= 11 is 6.11. The molecule has 1 saturated heterocycles. The lowest BCUT2D eigenvalue weighted by atomic mass is 10.2. The van der Waals surface area contributed by atoms with Crippen LogP contribution in [0.2, 0.25) is 5.02 Å². The van der Waals surface area contributed by atoms with Crippen LogP contribution in [0.1, 0.15) is 5.56 Å². The van der Waals surface area contributed by atoms with E-state index in [1.54, 1.807) is 36.5 Å². The number of nitrogens with zero attached hydrogens (tertiary/aromatic N) is 3. The summed E-state index contributed by atoms with van der Waals surface area (Å²) in [5.74, 6) is -0.343. The van der Waals surface area contributed by atoms with Gasteiger partial charge in [0.15, 0.2) is 0 Å². The Morgan fingerprint density at radius 2 is 1.71 bits per heavy atom. The summed E-state index contributed by atoms with van der Waals surface area (Å²) < 4.78 is 41.8. The van der Waals surface area contributed by atoms with E-state index in [1.165, 1.54) is 10.4 Å². The minimum absolute atomic E-state index is 0.219. The van der Waals surface area contributed by atoms with E-state index in [0.717, 1.165) is 5.39 Å². The zero-order chi connectivity index (χ0) is 19.7. The van der Waals surface area contributed by atoms with Crippen LogP contribution in [0, 0.1) is 5.82 Å². The highest BCUT2D eigenvalue weighted by atomic mass is 35.5. The maximum Gasteiger partial charge on any atom is 0.245 e. The number of fused-ring (bicyclic) bond motifs is 1. The van der Waals surface area contributed by atoms with Crippen LogP contribution < -0.4 is 0 Å². The molecule has 0 spiro atoms. The van der Waals surface area contributed by atoms with Crippen molar-refractivity contribution >= 4 is 32.5 Å². The summed E-state index contributed by atoms with van der Waals surface area (Å²) in [5.41, 5.74) is 0.921. The van der Waals surface area contributed by atoms with Gasteiger partial charge in [-0.15, -0.1) is 0 Å². The van der Waals surface area contributed by atoms with Crippen LogP contribution in [0.15, 0.2) is 59.6 Å². The number of pyridine rings is 1. The predicted molar refractivity (Wildman–Crippen MR) is 107 cm³/mol. The molecule has 1 aliphatic heterocycles. The van der Waals surface area contributed by atoms with E-state index >= 15 is 0 Å². The minimum Gasteiger partial charge on any atom is -0.296 e. The van der Waals surface area contributed by atoms with Crippen molar-refractivity contribution in [1.82, 2.24) is 14.2 Å². The number of piperazine rings is 1. The number of aromatic nitrogens is 1. The summed E-state index contributed by atoms with van der Waals surface area (Å²) in [6.07, 6.45) is 1.59. The number of halogens is 2. The van der Waals surface area contributed by atoms with Crippen LogP contribution >= 0.6 is 11.6 Å². The second-order valence-electron chi connectivity index (χ2n) is 6.71. The van der Waals surface area contributed by atoms with Crippen molar-refractivity contribution in [2.45, 2.75) is 11.4 Å². The van der Waals surface area contributed by atoms with Gasteiger partial charge < -0.3 is 0 Å². The molecule has 1 aromatic heterocycles. The molecule has 0 saturated carbocycles. The van der Waals surface area contributed by atoms with Crippen molar-refractivity contribution in [3.63, 3.8) is 0 Å². The minimum atomic E-state index is -3.66. The number of hydrogen-bond donors (Lipinski definition) is 0. The van der Waals surface area contributed by atoms with Gasteiger partial charge in [0.2, 0.25) is 10.0 Å². The SMILES string of the molecule is O=S(=O)(c1cccc2cccnc12)N1CCN(Cc2c(F)cccc2Cl)CC1. The van der Waals surface area contributed by atoms with Gasteiger partial charge in [0, 0.05) is 54.9 Å². The molecular weight excluding hydrogens is 401 g/mol. The average molecular weight is 420 g/mol. The lowest BCUT2D eigenvalue weighted by Gasteiger charge is -2.34. The lowest BCUT2D eigenvalue weighted by molar-refractivity contribution is 0.180. The van der Waals surface area contributed by atoms with Crippen molar-refractivity contribution in [3.8, 4) is 0 Å². The molecule has 5 nitrogen and oxygen atoms in total. The second-order valence-corrected chi connectivity index (χ2v) is 9.03. The summed E-state index contributed by atoms with van der Waals surface area (Å²) in [5, 5.41) is 1.17. The molecule has 0 bridgehead atoms. The van der Waals surface area contributed by atoms with Crippen LogP contribution in [0.5, 0.6) is 0 Å². The first-order valence-corrected chi connectivity index (χ1v) is 10.8. The Kier molecular flexibility index (Phi) is 5.33. The Hall–Kier alpha value is -2.06. The summed E-state index contributed by atoms with van der Waals surface area (Å²) in [6, 6.07) is 13.4. The third kappa shape index (κ3) is 3.63. The average Bonchev–Trinajstić information content (AvgIpc) is 2.71. The molecule has 146 valence electrons. The zero-order valence-electron chi connectivity index (χ0n) is 15.1. The summed E-state index contributed by atoms with van der Waals surface area (Å²) in [4.78, 5) is 6.49. The number of benzene rings is 2. The van der Waals surface area contributed by atoms with E-state index in [9.17, 15) is 12.8 Å². The molecule has 3 aromatic rings. The van der Waals surface area contributed by atoms with Gasteiger partial charge in [-0.1, -0.05) is 35.9 Å². The Balaban J connectivity index is 1.51. The number of hydrogen-bond acceptors (Lipinski definition) is 4. The predicted octanol–water partition coefficient (Wildman–Crippen LogP) is 3.53. The Labute approximate surface area is 168 Å². The molecule has 2 aromatic carbocycles. The fourth-order valence-corrected chi connectivity index (χ4v) is 5.27. The van der Waals surface area contributed by atoms with Crippen molar-refractivity contribution in [2.75, 3.05) is 26.2 Å². The van der Waals surface area contributed by atoms with E-state index in [-0.39, 0.29) is 10.7 Å². The molecule has 4 rings (SSSR count). The molecule has 0 N–H and O–H groups in total. The normalized spacial score (nSPS) is 16.5. The maximum atomic E-state index is 14.0. The van der Waals surface area contributed by atoms with Crippen LogP contribution in [0.3, 0.4) is 0 Å². The van der Waals surface area contributed by atoms with Gasteiger partial charge in [0.25, 0.3) is 0 Å². The highest BCUT2D eigenvalue weighted by Crippen LogP contribution is 2.26. The molecule has 0 amide bonds. The van der Waals surface area contributed by atoms with Crippen molar-refractivity contribution in [2.24, 2.45) is 0 Å². The van der Waals surface area contributed by atoms with Gasteiger partial charge in [-0.05, 0) is 24.3 Å². The molecule has 0 atom stereocenters. The largest absolute Gasteiger partial charge is 0.296 e.